The molecule has 3 aromatic heterocycles. The van der Waals surface area contributed by atoms with Crippen molar-refractivity contribution in [1.82, 2.24) is 29.1 Å². The van der Waals surface area contributed by atoms with Gasteiger partial charge in [-0.05, 0) is 0 Å². The van der Waals surface area contributed by atoms with Gasteiger partial charge in [-0.25, -0.2) is 19.3 Å². The zero-order valence-corrected chi connectivity index (χ0v) is 20.5. The first-order valence-corrected chi connectivity index (χ1v) is 12.8. The summed E-state index contributed by atoms with van der Waals surface area (Å²) in [5, 5.41) is 41.1. The van der Waals surface area contributed by atoms with Crippen molar-refractivity contribution in [3.05, 3.63) is 56.1 Å². The smallest absolute Gasteiger partial charge is 0.394 e. The summed E-state index contributed by atoms with van der Waals surface area (Å²) in [6, 6.07) is 0.990. The number of aliphatic hydroxyl groups is 4. The van der Waals surface area contributed by atoms with Gasteiger partial charge in [-0.3, -0.25) is 32.8 Å². The van der Waals surface area contributed by atoms with Crippen molar-refractivity contribution in [2.75, 3.05) is 13.2 Å². The Morgan fingerprint density at radius 1 is 1.03 bits per heavy atom. The van der Waals surface area contributed by atoms with Gasteiger partial charge in [-0.15, -0.1) is 0 Å². The average molecular weight is 574 g/mol. The predicted molar refractivity (Wildman–Crippen MR) is 123 cm³/mol. The SMILES string of the molecule is O=c1ccn([C@@H]2O[C@H](COP(=O)(O)O[C@H]3C(O)[C@H](n4cnc5c(=O)[nH]cnc54)O[C@@H]3CO)[C@@H](O)[C@H]2O)c(=O)[nH]1. The number of imidazole rings is 1. The second kappa shape index (κ2) is 10.5. The van der Waals surface area contributed by atoms with Crippen molar-refractivity contribution >= 4 is 19.0 Å². The normalized spacial score (nSPS) is 32.5. The molecule has 0 aromatic carbocycles. The van der Waals surface area contributed by atoms with Crippen molar-refractivity contribution in [3.8, 4) is 0 Å². The Hall–Kier alpha value is -3.10. The number of hydrogen-bond acceptors (Lipinski definition) is 14. The molecular weight excluding hydrogens is 551 g/mol. The lowest BCUT2D eigenvalue weighted by molar-refractivity contribution is -0.0610. The van der Waals surface area contributed by atoms with Crippen molar-refractivity contribution in [2.45, 2.75) is 49.1 Å². The van der Waals surface area contributed by atoms with Gasteiger partial charge in [0.25, 0.3) is 11.1 Å². The molecular formula is C19H23N6O13P. The molecule has 2 aliphatic heterocycles. The van der Waals surface area contributed by atoms with Crippen LogP contribution < -0.4 is 16.8 Å². The second-order valence-corrected chi connectivity index (χ2v) is 10.1. The molecule has 0 saturated carbocycles. The van der Waals surface area contributed by atoms with Gasteiger partial charge in [-0.1, -0.05) is 0 Å². The molecule has 0 spiro atoms. The highest BCUT2D eigenvalue weighted by Gasteiger charge is 2.50. The third kappa shape index (κ3) is 5.12. The molecule has 0 amide bonds. The number of nitrogens with zero attached hydrogens (tertiary/aromatic N) is 4. The molecule has 7 N–H and O–H groups in total. The van der Waals surface area contributed by atoms with E-state index in [0.29, 0.717) is 0 Å². The zero-order chi connectivity index (χ0) is 28.1. The minimum Gasteiger partial charge on any atom is -0.394 e. The highest BCUT2D eigenvalue weighted by atomic mass is 31.2. The Labute approximate surface area is 215 Å². The number of hydrogen-bond donors (Lipinski definition) is 7. The minimum absolute atomic E-state index is 0.0330. The summed E-state index contributed by atoms with van der Waals surface area (Å²) in [5.74, 6) is 0. The maximum Gasteiger partial charge on any atom is 0.472 e. The van der Waals surface area contributed by atoms with E-state index < -0.39 is 86.9 Å². The zero-order valence-electron chi connectivity index (χ0n) is 19.6. The molecule has 5 heterocycles. The van der Waals surface area contributed by atoms with E-state index >= 15 is 0 Å². The Morgan fingerprint density at radius 3 is 2.46 bits per heavy atom. The molecule has 2 fully saturated rings. The number of aliphatic hydroxyl groups excluding tert-OH is 4. The fraction of sp³-hybridized carbons (Fsp3) is 0.526. The number of rotatable bonds is 8. The molecule has 212 valence electrons. The fourth-order valence-corrected chi connectivity index (χ4v) is 5.32. The summed E-state index contributed by atoms with van der Waals surface area (Å²) in [7, 11) is -5.03. The maximum absolute atomic E-state index is 12.7. The van der Waals surface area contributed by atoms with E-state index in [-0.39, 0.29) is 11.2 Å². The van der Waals surface area contributed by atoms with Crippen molar-refractivity contribution in [1.29, 1.82) is 0 Å². The van der Waals surface area contributed by atoms with Crippen molar-refractivity contribution < 1.29 is 48.4 Å². The topological polar surface area (TPSA) is 274 Å². The Balaban J connectivity index is 1.27. The predicted octanol–water partition coefficient (Wildman–Crippen LogP) is -3.96. The number of aromatic nitrogens is 6. The van der Waals surface area contributed by atoms with Crippen LogP contribution >= 0.6 is 7.82 Å². The number of fused-ring (bicyclic) bond motifs is 1. The molecule has 5 rings (SSSR count). The lowest BCUT2D eigenvalue weighted by Gasteiger charge is -2.23. The van der Waals surface area contributed by atoms with E-state index in [1.54, 1.807) is 0 Å². The molecule has 3 aromatic rings. The van der Waals surface area contributed by atoms with Crippen LogP contribution in [-0.4, -0.2) is 104 Å². The highest BCUT2D eigenvalue weighted by Crippen LogP contribution is 2.49. The van der Waals surface area contributed by atoms with Crippen LogP contribution in [0.1, 0.15) is 12.5 Å². The number of phosphoric ester groups is 1. The molecule has 20 heteroatoms. The molecule has 0 aliphatic carbocycles. The van der Waals surface area contributed by atoms with Crippen LogP contribution in [0.5, 0.6) is 0 Å². The Morgan fingerprint density at radius 2 is 1.74 bits per heavy atom. The van der Waals surface area contributed by atoms with Crippen LogP contribution in [0, 0.1) is 0 Å². The van der Waals surface area contributed by atoms with Gasteiger partial charge >= 0.3 is 13.5 Å². The quantitative estimate of drug-likeness (QED) is 0.126. The van der Waals surface area contributed by atoms with Gasteiger partial charge in [0.2, 0.25) is 0 Å². The lowest BCUT2D eigenvalue weighted by atomic mass is 10.1. The van der Waals surface area contributed by atoms with Gasteiger partial charge in [0.05, 0.1) is 25.9 Å². The molecule has 19 nitrogen and oxygen atoms in total. The van der Waals surface area contributed by atoms with Gasteiger partial charge in [0.1, 0.15) is 36.6 Å². The number of ether oxygens (including phenoxy) is 2. The van der Waals surface area contributed by atoms with Gasteiger partial charge in [0.15, 0.2) is 23.6 Å². The highest BCUT2D eigenvalue weighted by molar-refractivity contribution is 7.47. The van der Waals surface area contributed by atoms with E-state index in [4.69, 9.17) is 18.5 Å². The van der Waals surface area contributed by atoms with Gasteiger partial charge in [0, 0.05) is 12.3 Å². The average Bonchev–Trinajstić information content (AvgIpc) is 3.53. The molecule has 39 heavy (non-hydrogen) atoms. The fourth-order valence-electron chi connectivity index (χ4n) is 4.35. The van der Waals surface area contributed by atoms with E-state index in [0.717, 1.165) is 29.5 Å². The Kier molecular flexibility index (Phi) is 7.37. The largest absolute Gasteiger partial charge is 0.472 e. The molecule has 9 atom stereocenters. The first kappa shape index (κ1) is 27.5. The van der Waals surface area contributed by atoms with Crippen LogP contribution in [0.15, 0.2) is 39.3 Å². The van der Waals surface area contributed by atoms with Gasteiger partial charge in [-0.2, -0.15) is 0 Å². The first-order valence-electron chi connectivity index (χ1n) is 11.3. The third-order valence-corrected chi connectivity index (χ3v) is 7.23. The van der Waals surface area contributed by atoms with Crippen LogP contribution in [0.3, 0.4) is 0 Å². The summed E-state index contributed by atoms with van der Waals surface area (Å²) in [4.78, 5) is 57.7. The molecule has 2 unspecified atom stereocenters. The summed E-state index contributed by atoms with van der Waals surface area (Å²) in [6.45, 7) is -1.55. The van der Waals surface area contributed by atoms with E-state index in [9.17, 15) is 44.3 Å². The minimum atomic E-state index is -5.03. The second-order valence-electron chi connectivity index (χ2n) is 8.69. The summed E-state index contributed by atoms with van der Waals surface area (Å²) < 4.78 is 35.7. The number of H-pyrrole nitrogens is 2. The monoisotopic (exact) mass is 574 g/mol. The molecule has 2 aliphatic rings. The van der Waals surface area contributed by atoms with Crippen LogP contribution in [-0.2, 0) is 23.1 Å². The number of phosphoric acid groups is 1. The van der Waals surface area contributed by atoms with Gasteiger partial charge < -0.3 is 39.8 Å². The van der Waals surface area contributed by atoms with E-state index in [1.165, 1.54) is 4.57 Å². The molecule has 2 saturated heterocycles. The summed E-state index contributed by atoms with van der Waals surface area (Å²) >= 11 is 0. The Bertz CT molecular complexity index is 1570. The van der Waals surface area contributed by atoms with E-state index in [1.807, 2.05) is 4.98 Å². The summed E-state index contributed by atoms with van der Waals surface area (Å²) in [6.07, 6.45) is -8.84. The van der Waals surface area contributed by atoms with Crippen LogP contribution in [0.4, 0.5) is 0 Å². The standard InChI is InChI=1S/C19H23N6O13P/c26-3-7-14(13(30)18(36-7)25-6-22-10-15(25)20-5-21-16(10)31)38-39(33,34)35-4-8-11(28)12(29)17(37-8)24-2-1-9(27)23-19(24)32/h1-2,5-8,11-14,17-18,26,28-30H,3-4H2,(H,33,34)(H,20,21,31)(H,23,27,32)/t7-,8-,11-,12-,13?,14-,17-,18-/m1/s1. The molecule has 0 bridgehead atoms. The van der Waals surface area contributed by atoms with E-state index in [2.05, 4.69) is 15.0 Å². The van der Waals surface area contributed by atoms with Crippen LogP contribution in [0.2, 0.25) is 0 Å². The van der Waals surface area contributed by atoms with Crippen molar-refractivity contribution in [3.63, 3.8) is 0 Å². The third-order valence-electron chi connectivity index (χ3n) is 6.25. The molecule has 0 radical (unpaired) electrons. The number of nitrogens with one attached hydrogen (secondary N) is 2. The summed E-state index contributed by atoms with van der Waals surface area (Å²) in [5.41, 5.74) is -2.21. The van der Waals surface area contributed by atoms with Crippen molar-refractivity contribution in [2.24, 2.45) is 0 Å². The van der Waals surface area contributed by atoms with Crippen LogP contribution in [0.25, 0.3) is 11.2 Å². The first-order chi connectivity index (χ1) is 18.5. The lowest BCUT2D eigenvalue weighted by Crippen LogP contribution is -2.37. The maximum atomic E-state index is 12.7. The number of aromatic amines is 2.